The molecule has 3 aromatic rings. The van der Waals surface area contributed by atoms with E-state index in [-0.39, 0.29) is 18.1 Å². The molecule has 28 heavy (non-hydrogen) atoms. The van der Waals surface area contributed by atoms with E-state index in [1.165, 1.54) is 12.1 Å². The molecule has 0 bridgehead atoms. The van der Waals surface area contributed by atoms with Crippen LogP contribution in [0.3, 0.4) is 0 Å². The SMILES string of the molecule is O=C1C(O)=C(c2ccccc2)[C@@H](c2ccc(F)cc2)N1Cc1ccccc1Cl. The van der Waals surface area contributed by atoms with Crippen LogP contribution in [0.15, 0.2) is 84.6 Å². The third-order valence-electron chi connectivity index (χ3n) is 4.87. The van der Waals surface area contributed by atoms with E-state index in [0.717, 1.165) is 11.1 Å². The molecule has 0 spiro atoms. The molecule has 1 heterocycles. The molecule has 1 amide bonds. The Kier molecular flexibility index (Phi) is 4.88. The van der Waals surface area contributed by atoms with Gasteiger partial charge >= 0.3 is 0 Å². The molecule has 0 radical (unpaired) electrons. The first-order valence-corrected chi connectivity index (χ1v) is 9.22. The van der Waals surface area contributed by atoms with Crippen LogP contribution in [-0.2, 0) is 11.3 Å². The minimum atomic E-state index is -0.549. The summed E-state index contributed by atoms with van der Waals surface area (Å²) in [5, 5.41) is 11.2. The second-order valence-electron chi connectivity index (χ2n) is 6.61. The molecule has 3 aromatic carbocycles. The lowest BCUT2D eigenvalue weighted by molar-refractivity contribution is -0.130. The maximum absolute atomic E-state index is 13.5. The van der Waals surface area contributed by atoms with Crippen molar-refractivity contribution >= 4 is 23.1 Å². The standard InChI is InChI=1S/C23H17ClFNO2/c24-19-9-5-4-8-17(19)14-26-21(16-10-12-18(25)13-11-16)20(22(27)23(26)28)15-6-2-1-3-7-15/h1-13,21,27H,14H2/t21-/m1/s1. The highest BCUT2D eigenvalue weighted by atomic mass is 35.5. The summed E-state index contributed by atoms with van der Waals surface area (Å²) in [6.45, 7) is 0.223. The molecule has 0 aliphatic carbocycles. The lowest BCUT2D eigenvalue weighted by Crippen LogP contribution is -2.30. The molecule has 3 nitrogen and oxygen atoms in total. The average Bonchev–Trinajstić information content (AvgIpc) is 2.96. The summed E-state index contributed by atoms with van der Waals surface area (Å²) in [7, 11) is 0. The highest BCUT2D eigenvalue weighted by Gasteiger charge is 2.41. The second-order valence-corrected chi connectivity index (χ2v) is 7.01. The summed E-state index contributed by atoms with van der Waals surface area (Å²) in [6, 6.07) is 21.9. The maximum Gasteiger partial charge on any atom is 0.290 e. The van der Waals surface area contributed by atoms with Gasteiger partial charge < -0.3 is 10.0 Å². The summed E-state index contributed by atoms with van der Waals surface area (Å²) in [5.41, 5.74) is 2.73. The van der Waals surface area contributed by atoms with Gasteiger partial charge in [0.15, 0.2) is 5.76 Å². The number of aliphatic hydroxyl groups is 1. The Hall–Kier alpha value is -3.11. The highest BCUT2D eigenvalue weighted by molar-refractivity contribution is 6.31. The molecular formula is C23H17ClFNO2. The van der Waals surface area contributed by atoms with Gasteiger partial charge in [0, 0.05) is 17.1 Å². The summed E-state index contributed by atoms with van der Waals surface area (Å²) in [6.07, 6.45) is 0. The lowest BCUT2D eigenvalue weighted by atomic mass is 9.93. The van der Waals surface area contributed by atoms with Gasteiger partial charge in [-0.25, -0.2) is 4.39 Å². The molecular weight excluding hydrogens is 377 g/mol. The predicted molar refractivity (Wildman–Crippen MR) is 107 cm³/mol. The Morgan fingerprint density at radius 1 is 0.929 bits per heavy atom. The summed E-state index contributed by atoms with van der Waals surface area (Å²) < 4.78 is 13.5. The average molecular weight is 394 g/mol. The Bertz CT molecular complexity index is 1050. The molecule has 1 atom stereocenters. The van der Waals surface area contributed by atoms with Crippen LogP contribution >= 0.6 is 11.6 Å². The monoisotopic (exact) mass is 393 g/mol. The molecule has 0 saturated heterocycles. The van der Waals surface area contributed by atoms with E-state index < -0.39 is 11.9 Å². The highest BCUT2D eigenvalue weighted by Crippen LogP contribution is 2.44. The molecule has 0 aromatic heterocycles. The Labute approximate surface area is 167 Å². The minimum absolute atomic E-state index is 0.223. The number of rotatable bonds is 4. The van der Waals surface area contributed by atoms with Crippen LogP contribution in [0, 0.1) is 5.82 Å². The van der Waals surface area contributed by atoms with Crippen molar-refractivity contribution < 1.29 is 14.3 Å². The van der Waals surface area contributed by atoms with Crippen molar-refractivity contribution in [2.75, 3.05) is 0 Å². The van der Waals surface area contributed by atoms with Gasteiger partial charge in [-0.05, 0) is 34.9 Å². The van der Waals surface area contributed by atoms with Gasteiger partial charge in [0.05, 0.1) is 6.04 Å². The molecule has 0 unspecified atom stereocenters. The summed E-state index contributed by atoms with van der Waals surface area (Å²) in [5.74, 6) is -1.14. The lowest BCUT2D eigenvalue weighted by Gasteiger charge is -2.28. The third kappa shape index (κ3) is 3.27. The van der Waals surface area contributed by atoms with Crippen LogP contribution in [-0.4, -0.2) is 15.9 Å². The third-order valence-corrected chi connectivity index (χ3v) is 5.24. The van der Waals surface area contributed by atoms with Crippen LogP contribution in [0.2, 0.25) is 5.02 Å². The fraction of sp³-hybridized carbons (Fsp3) is 0.0870. The fourth-order valence-electron chi connectivity index (χ4n) is 3.53. The number of hydrogen-bond acceptors (Lipinski definition) is 2. The van der Waals surface area contributed by atoms with Crippen molar-refractivity contribution in [2.45, 2.75) is 12.6 Å². The second kappa shape index (κ2) is 7.49. The number of carbonyl (C=O) groups excluding carboxylic acids is 1. The first kappa shape index (κ1) is 18.3. The van der Waals surface area contributed by atoms with Gasteiger partial charge in [0.1, 0.15) is 5.82 Å². The first-order valence-electron chi connectivity index (χ1n) is 8.84. The minimum Gasteiger partial charge on any atom is -0.503 e. The Morgan fingerprint density at radius 2 is 1.57 bits per heavy atom. The van der Waals surface area contributed by atoms with Gasteiger partial charge in [-0.3, -0.25) is 4.79 Å². The summed E-state index contributed by atoms with van der Waals surface area (Å²) in [4.78, 5) is 14.5. The van der Waals surface area contributed by atoms with E-state index in [1.807, 2.05) is 48.5 Å². The van der Waals surface area contributed by atoms with Gasteiger partial charge in [0.2, 0.25) is 0 Å². The van der Waals surface area contributed by atoms with E-state index in [1.54, 1.807) is 23.1 Å². The van der Waals surface area contributed by atoms with Crippen LogP contribution in [0.5, 0.6) is 0 Å². The van der Waals surface area contributed by atoms with Crippen LogP contribution in [0.4, 0.5) is 4.39 Å². The maximum atomic E-state index is 13.5. The van der Waals surface area contributed by atoms with Crippen molar-refractivity contribution in [1.82, 2.24) is 4.90 Å². The molecule has 0 fully saturated rings. The van der Waals surface area contributed by atoms with Gasteiger partial charge in [-0.2, -0.15) is 0 Å². The molecule has 1 aliphatic rings. The summed E-state index contributed by atoms with van der Waals surface area (Å²) >= 11 is 6.29. The van der Waals surface area contributed by atoms with E-state index in [9.17, 15) is 14.3 Å². The van der Waals surface area contributed by atoms with E-state index in [4.69, 9.17) is 11.6 Å². The number of halogens is 2. The van der Waals surface area contributed by atoms with Crippen LogP contribution in [0.25, 0.3) is 5.57 Å². The number of hydrogen-bond donors (Lipinski definition) is 1. The molecule has 1 aliphatic heterocycles. The van der Waals surface area contributed by atoms with Gasteiger partial charge in [-0.1, -0.05) is 72.3 Å². The first-order chi connectivity index (χ1) is 13.6. The number of nitrogens with zero attached hydrogens (tertiary/aromatic N) is 1. The number of aliphatic hydroxyl groups excluding tert-OH is 1. The fourth-order valence-corrected chi connectivity index (χ4v) is 3.73. The zero-order valence-corrected chi connectivity index (χ0v) is 15.6. The van der Waals surface area contributed by atoms with Crippen molar-refractivity contribution in [3.63, 3.8) is 0 Å². The Morgan fingerprint density at radius 3 is 2.25 bits per heavy atom. The molecule has 1 N–H and O–H groups in total. The molecule has 5 heteroatoms. The quantitative estimate of drug-likeness (QED) is 0.633. The van der Waals surface area contributed by atoms with Crippen LogP contribution in [0.1, 0.15) is 22.7 Å². The van der Waals surface area contributed by atoms with Crippen molar-refractivity contribution in [2.24, 2.45) is 0 Å². The normalized spacial score (nSPS) is 16.7. The Balaban J connectivity index is 1.82. The van der Waals surface area contributed by atoms with E-state index >= 15 is 0 Å². The molecule has 140 valence electrons. The zero-order valence-electron chi connectivity index (χ0n) is 14.8. The topological polar surface area (TPSA) is 40.5 Å². The smallest absolute Gasteiger partial charge is 0.290 e. The molecule has 4 rings (SSSR count). The van der Waals surface area contributed by atoms with E-state index in [0.29, 0.717) is 16.2 Å². The van der Waals surface area contributed by atoms with Gasteiger partial charge in [0.25, 0.3) is 5.91 Å². The number of amides is 1. The van der Waals surface area contributed by atoms with Crippen molar-refractivity contribution in [3.8, 4) is 0 Å². The number of benzene rings is 3. The van der Waals surface area contributed by atoms with Crippen molar-refractivity contribution in [1.29, 1.82) is 0 Å². The largest absolute Gasteiger partial charge is 0.503 e. The number of carbonyl (C=O) groups is 1. The zero-order chi connectivity index (χ0) is 19.7. The predicted octanol–water partition coefficient (Wildman–Crippen LogP) is 5.53. The van der Waals surface area contributed by atoms with Gasteiger partial charge in [-0.15, -0.1) is 0 Å². The van der Waals surface area contributed by atoms with Crippen molar-refractivity contribution in [3.05, 3.63) is 112 Å². The van der Waals surface area contributed by atoms with Crippen LogP contribution < -0.4 is 0 Å². The van der Waals surface area contributed by atoms with E-state index in [2.05, 4.69) is 0 Å². The molecule has 0 saturated carbocycles.